The highest BCUT2D eigenvalue weighted by Gasteiger charge is 2.39. The summed E-state index contributed by atoms with van der Waals surface area (Å²) >= 11 is 0. The minimum absolute atomic E-state index is 0.182. The molecule has 7 heteroatoms. The van der Waals surface area contributed by atoms with E-state index in [1.54, 1.807) is 42.6 Å². The molecule has 1 saturated heterocycles. The summed E-state index contributed by atoms with van der Waals surface area (Å²) in [4.78, 5) is 4.27. The van der Waals surface area contributed by atoms with Gasteiger partial charge < -0.3 is 9.47 Å². The number of benzene rings is 1. The second kappa shape index (κ2) is 6.55. The Bertz CT molecular complexity index is 759. The molecule has 2 heterocycles. The summed E-state index contributed by atoms with van der Waals surface area (Å²) in [6.07, 6.45) is 1.46. The first-order valence-electron chi connectivity index (χ1n) is 7.41. The van der Waals surface area contributed by atoms with Crippen molar-refractivity contribution in [3.8, 4) is 11.6 Å². The lowest BCUT2D eigenvalue weighted by molar-refractivity contribution is 0.0719. The maximum Gasteiger partial charge on any atom is 0.247 e. The molecule has 0 radical (unpaired) electrons. The third-order valence-electron chi connectivity index (χ3n) is 3.51. The van der Waals surface area contributed by atoms with E-state index in [4.69, 9.17) is 9.47 Å². The quantitative estimate of drug-likeness (QED) is 0.807. The number of sulfonamides is 1. The molecule has 1 aromatic carbocycles. The Hall–Kier alpha value is -2.12. The zero-order chi connectivity index (χ0) is 16.3. The number of hydrogen-bond acceptors (Lipinski definition) is 5. The van der Waals surface area contributed by atoms with Gasteiger partial charge in [0.1, 0.15) is 16.7 Å². The molecule has 23 heavy (non-hydrogen) atoms. The monoisotopic (exact) mass is 334 g/mol. The van der Waals surface area contributed by atoms with Crippen LogP contribution in [-0.4, -0.2) is 43.5 Å². The lowest BCUT2D eigenvalue weighted by atomic mass is 10.2. The Morgan fingerprint density at radius 2 is 1.91 bits per heavy atom. The molecule has 1 fully saturated rings. The number of aromatic nitrogens is 1. The van der Waals surface area contributed by atoms with Gasteiger partial charge in [0.2, 0.25) is 15.9 Å². The summed E-state index contributed by atoms with van der Waals surface area (Å²) in [6.45, 7) is 2.85. The van der Waals surface area contributed by atoms with Gasteiger partial charge in [0.15, 0.2) is 0 Å². The minimum atomic E-state index is -3.57. The predicted molar refractivity (Wildman–Crippen MR) is 85.0 cm³/mol. The van der Waals surface area contributed by atoms with Crippen LogP contribution in [0.1, 0.15) is 6.92 Å². The molecule has 0 bridgehead atoms. The minimum Gasteiger partial charge on any atom is -0.492 e. The van der Waals surface area contributed by atoms with Crippen molar-refractivity contribution in [2.45, 2.75) is 17.9 Å². The fourth-order valence-corrected chi connectivity index (χ4v) is 3.97. The molecule has 0 aliphatic carbocycles. The second-order valence-electron chi connectivity index (χ2n) is 5.11. The average molecular weight is 334 g/mol. The highest BCUT2D eigenvalue weighted by atomic mass is 32.2. The zero-order valence-corrected chi connectivity index (χ0v) is 13.6. The summed E-state index contributed by atoms with van der Waals surface area (Å²) in [6, 6.07) is 12.1. The van der Waals surface area contributed by atoms with Crippen LogP contribution < -0.4 is 9.47 Å². The molecule has 122 valence electrons. The van der Waals surface area contributed by atoms with E-state index in [-0.39, 0.29) is 11.0 Å². The lowest BCUT2D eigenvalue weighted by Gasteiger charge is -2.37. The molecular formula is C16H18N2O4S. The second-order valence-corrected chi connectivity index (χ2v) is 7.02. The van der Waals surface area contributed by atoms with Crippen LogP contribution in [0.25, 0.3) is 0 Å². The van der Waals surface area contributed by atoms with Crippen molar-refractivity contribution in [1.82, 2.24) is 9.29 Å². The third kappa shape index (κ3) is 3.30. The van der Waals surface area contributed by atoms with Crippen molar-refractivity contribution in [3.63, 3.8) is 0 Å². The van der Waals surface area contributed by atoms with E-state index in [0.29, 0.717) is 31.3 Å². The summed E-state index contributed by atoms with van der Waals surface area (Å²) < 4.78 is 37.8. The molecule has 0 saturated carbocycles. The highest BCUT2D eigenvalue weighted by Crippen LogP contribution is 2.30. The van der Waals surface area contributed by atoms with Crippen molar-refractivity contribution in [3.05, 3.63) is 48.7 Å². The fraction of sp³-hybridized carbons (Fsp3) is 0.312. The van der Waals surface area contributed by atoms with Gasteiger partial charge in [0.05, 0.1) is 19.7 Å². The normalized spacial score (nSPS) is 15.9. The Balaban J connectivity index is 1.69. The first-order chi connectivity index (χ1) is 11.1. The van der Waals surface area contributed by atoms with Crippen LogP contribution in [0.3, 0.4) is 0 Å². The topological polar surface area (TPSA) is 68.7 Å². The van der Waals surface area contributed by atoms with E-state index in [1.165, 1.54) is 4.31 Å². The fourth-order valence-electron chi connectivity index (χ4n) is 2.34. The van der Waals surface area contributed by atoms with Crippen LogP contribution in [0.4, 0.5) is 0 Å². The van der Waals surface area contributed by atoms with Crippen LogP contribution in [-0.2, 0) is 10.0 Å². The molecular weight excluding hydrogens is 316 g/mol. The van der Waals surface area contributed by atoms with Gasteiger partial charge in [-0.1, -0.05) is 18.2 Å². The van der Waals surface area contributed by atoms with Crippen molar-refractivity contribution in [1.29, 1.82) is 0 Å². The summed E-state index contributed by atoms with van der Waals surface area (Å²) in [7, 11) is -3.57. The first kappa shape index (κ1) is 15.8. The molecule has 1 aliphatic rings. The van der Waals surface area contributed by atoms with Gasteiger partial charge in [-0.05, 0) is 25.1 Å². The number of pyridine rings is 1. The van der Waals surface area contributed by atoms with Crippen molar-refractivity contribution in [2.24, 2.45) is 0 Å². The van der Waals surface area contributed by atoms with E-state index < -0.39 is 10.0 Å². The summed E-state index contributed by atoms with van der Waals surface area (Å²) in [5.74, 6) is 0.883. The van der Waals surface area contributed by atoms with Crippen LogP contribution in [0.15, 0.2) is 53.6 Å². The summed E-state index contributed by atoms with van der Waals surface area (Å²) in [5, 5.41) is 0. The first-order valence-corrected chi connectivity index (χ1v) is 8.85. The van der Waals surface area contributed by atoms with Gasteiger partial charge in [0.25, 0.3) is 0 Å². The predicted octanol–water partition coefficient (Wildman–Crippen LogP) is 1.93. The van der Waals surface area contributed by atoms with Crippen molar-refractivity contribution in [2.75, 3.05) is 19.7 Å². The molecule has 2 aromatic rings. The lowest BCUT2D eigenvalue weighted by Crippen LogP contribution is -2.56. The molecule has 0 N–H and O–H groups in total. The standard InChI is InChI=1S/C16H18N2O4S/c1-2-21-14-7-3-4-8-15(14)23(19,20)18-11-13(12-18)22-16-9-5-6-10-17-16/h3-10,13H,2,11-12H2,1H3. The maximum absolute atomic E-state index is 12.7. The Morgan fingerprint density at radius 3 is 2.61 bits per heavy atom. The molecule has 3 rings (SSSR count). The van der Waals surface area contributed by atoms with Gasteiger partial charge in [-0.2, -0.15) is 4.31 Å². The molecule has 1 aromatic heterocycles. The van der Waals surface area contributed by atoms with Gasteiger partial charge in [-0.3, -0.25) is 0 Å². The molecule has 0 spiro atoms. The highest BCUT2D eigenvalue weighted by molar-refractivity contribution is 7.89. The average Bonchev–Trinajstić information content (AvgIpc) is 2.52. The molecule has 6 nitrogen and oxygen atoms in total. The number of rotatable bonds is 6. The molecule has 1 aliphatic heterocycles. The number of para-hydroxylation sites is 1. The Morgan fingerprint density at radius 1 is 1.17 bits per heavy atom. The van der Waals surface area contributed by atoms with Crippen LogP contribution in [0.5, 0.6) is 11.6 Å². The van der Waals surface area contributed by atoms with Crippen LogP contribution in [0.2, 0.25) is 0 Å². The molecule has 0 unspecified atom stereocenters. The van der Waals surface area contributed by atoms with Crippen molar-refractivity contribution < 1.29 is 17.9 Å². The SMILES string of the molecule is CCOc1ccccc1S(=O)(=O)N1CC(Oc2ccccn2)C1. The van der Waals surface area contributed by atoms with E-state index in [9.17, 15) is 8.42 Å². The Labute approximate surface area is 135 Å². The zero-order valence-electron chi connectivity index (χ0n) is 12.8. The van der Waals surface area contributed by atoms with E-state index >= 15 is 0 Å². The number of nitrogens with zero attached hydrogens (tertiary/aromatic N) is 2. The van der Waals surface area contributed by atoms with Gasteiger partial charge in [-0.15, -0.1) is 0 Å². The Kier molecular flexibility index (Phi) is 4.49. The van der Waals surface area contributed by atoms with Gasteiger partial charge in [-0.25, -0.2) is 13.4 Å². The van der Waals surface area contributed by atoms with E-state index in [0.717, 1.165) is 0 Å². The van der Waals surface area contributed by atoms with Gasteiger partial charge >= 0.3 is 0 Å². The van der Waals surface area contributed by atoms with Crippen molar-refractivity contribution >= 4 is 10.0 Å². The number of ether oxygens (including phenoxy) is 2. The largest absolute Gasteiger partial charge is 0.492 e. The van der Waals surface area contributed by atoms with E-state index in [1.807, 2.05) is 13.0 Å². The molecule has 0 atom stereocenters. The smallest absolute Gasteiger partial charge is 0.247 e. The molecule has 0 amide bonds. The maximum atomic E-state index is 12.7. The third-order valence-corrected chi connectivity index (χ3v) is 5.38. The van der Waals surface area contributed by atoms with Gasteiger partial charge in [0, 0.05) is 12.3 Å². The summed E-state index contributed by atoms with van der Waals surface area (Å²) in [5.41, 5.74) is 0. The van der Waals surface area contributed by atoms with E-state index in [2.05, 4.69) is 4.98 Å². The van der Waals surface area contributed by atoms with Crippen LogP contribution in [0, 0.1) is 0 Å². The van der Waals surface area contributed by atoms with Crippen LogP contribution >= 0.6 is 0 Å². The number of hydrogen-bond donors (Lipinski definition) is 0.